The molecule has 1 fully saturated rings. The number of hydrogen-bond donors (Lipinski definition) is 1. The molecule has 31 heavy (non-hydrogen) atoms. The minimum atomic E-state index is -0.0809. The fourth-order valence-electron chi connectivity index (χ4n) is 4.80. The molecule has 0 bridgehead atoms. The van der Waals surface area contributed by atoms with Crippen LogP contribution in [0.15, 0.2) is 41.5 Å². The fourth-order valence-corrected chi connectivity index (χ4v) is 4.80. The van der Waals surface area contributed by atoms with E-state index >= 15 is 0 Å². The number of para-hydroxylation sites is 1. The van der Waals surface area contributed by atoms with E-state index in [-0.39, 0.29) is 11.5 Å². The average molecular weight is 421 g/mol. The van der Waals surface area contributed by atoms with E-state index < -0.39 is 0 Å². The summed E-state index contributed by atoms with van der Waals surface area (Å²) in [5.74, 6) is 0.440. The Bertz CT molecular complexity index is 1080. The molecule has 7 heteroatoms. The Morgan fingerprint density at radius 2 is 1.77 bits per heavy atom. The van der Waals surface area contributed by atoms with Crippen LogP contribution in [0.2, 0.25) is 0 Å². The monoisotopic (exact) mass is 420 g/mol. The molecule has 2 N–H and O–H groups in total. The topological polar surface area (TPSA) is 89.9 Å². The first kappa shape index (κ1) is 21.4. The smallest absolute Gasteiger partial charge is 0.262 e. The number of aromatic nitrogens is 4. The number of rotatable bonds is 7. The van der Waals surface area contributed by atoms with Crippen LogP contribution in [0.25, 0.3) is 22.3 Å². The van der Waals surface area contributed by atoms with Gasteiger partial charge >= 0.3 is 0 Å². The number of unbranched alkanes of at least 4 members (excludes halogenated alkanes) is 2. The Hall–Kier alpha value is -2.80. The minimum Gasteiger partial charge on any atom is -0.368 e. The molecular formula is C24H32N6O. The van der Waals surface area contributed by atoms with E-state index in [1.165, 1.54) is 25.6 Å². The summed E-state index contributed by atoms with van der Waals surface area (Å²) in [7, 11) is 0. The molecule has 0 unspecified atom stereocenters. The summed E-state index contributed by atoms with van der Waals surface area (Å²) in [5.41, 5.74) is 7.04. The molecule has 3 heterocycles. The van der Waals surface area contributed by atoms with E-state index in [2.05, 4.69) is 33.7 Å². The Labute approximate surface area is 183 Å². The van der Waals surface area contributed by atoms with Gasteiger partial charge in [-0.1, -0.05) is 31.0 Å². The van der Waals surface area contributed by atoms with Gasteiger partial charge in [-0.3, -0.25) is 9.69 Å². The highest BCUT2D eigenvalue weighted by atomic mass is 16.1. The first-order valence-electron chi connectivity index (χ1n) is 11.4. The maximum absolute atomic E-state index is 13.3. The number of benzene rings is 1. The van der Waals surface area contributed by atoms with Crippen molar-refractivity contribution in [3.05, 3.63) is 47.0 Å². The van der Waals surface area contributed by atoms with E-state index in [0.29, 0.717) is 30.0 Å². The summed E-state index contributed by atoms with van der Waals surface area (Å²) < 4.78 is 1.86. The Kier molecular flexibility index (Phi) is 6.61. The number of nitrogen functional groups attached to an aromatic ring is 1. The van der Waals surface area contributed by atoms with Crippen molar-refractivity contribution < 1.29 is 0 Å². The first-order valence-corrected chi connectivity index (χ1v) is 11.4. The lowest BCUT2D eigenvalue weighted by Gasteiger charge is -2.39. The van der Waals surface area contributed by atoms with Crippen molar-refractivity contribution in [3.63, 3.8) is 0 Å². The molecule has 1 aliphatic rings. The van der Waals surface area contributed by atoms with Crippen LogP contribution in [0.1, 0.15) is 52.4 Å². The number of fused-ring (bicyclic) bond motifs is 1. The summed E-state index contributed by atoms with van der Waals surface area (Å²) >= 11 is 0. The van der Waals surface area contributed by atoms with E-state index in [1.807, 2.05) is 34.9 Å². The number of pyridine rings is 1. The van der Waals surface area contributed by atoms with E-state index in [4.69, 9.17) is 5.73 Å². The first-order chi connectivity index (χ1) is 15.0. The van der Waals surface area contributed by atoms with Gasteiger partial charge in [0.2, 0.25) is 5.95 Å². The summed E-state index contributed by atoms with van der Waals surface area (Å²) in [5, 5.41) is 0.993. The summed E-state index contributed by atoms with van der Waals surface area (Å²) in [6, 6.07) is 11.2. The number of hydrogen-bond acceptors (Lipinski definition) is 6. The molecular weight excluding hydrogens is 388 g/mol. The van der Waals surface area contributed by atoms with Crippen LogP contribution in [-0.4, -0.2) is 43.0 Å². The van der Waals surface area contributed by atoms with Gasteiger partial charge in [0, 0.05) is 18.6 Å². The van der Waals surface area contributed by atoms with E-state index in [9.17, 15) is 4.79 Å². The predicted octanol–water partition coefficient (Wildman–Crippen LogP) is 3.87. The van der Waals surface area contributed by atoms with Crippen LogP contribution < -0.4 is 11.3 Å². The molecule has 0 radical (unpaired) electrons. The zero-order valence-corrected chi connectivity index (χ0v) is 18.5. The van der Waals surface area contributed by atoms with Gasteiger partial charge in [-0.15, -0.1) is 0 Å². The third kappa shape index (κ3) is 4.77. The van der Waals surface area contributed by atoms with Crippen molar-refractivity contribution in [3.8, 4) is 11.4 Å². The van der Waals surface area contributed by atoms with E-state index in [1.54, 1.807) is 0 Å². The van der Waals surface area contributed by atoms with Gasteiger partial charge in [0.15, 0.2) is 5.82 Å². The Balaban J connectivity index is 1.49. The van der Waals surface area contributed by atoms with Gasteiger partial charge in [0.1, 0.15) is 6.33 Å². The summed E-state index contributed by atoms with van der Waals surface area (Å²) in [6.07, 6.45) is 8.52. The number of aryl methyl sites for hydroxylation is 1. The maximum atomic E-state index is 13.3. The zero-order valence-electron chi connectivity index (χ0n) is 18.5. The van der Waals surface area contributed by atoms with Gasteiger partial charge in [0.05, 0.1) is 11.1 Å². The molecule has 164 valence electrons. The minimum absolute atomic E-state index is 0.0809. The lowest BCUT2D eigenvalue weighted by molar-refractivity contribution is 0.101. The highest BCUT2D eigenvalue weighted by Gasteiger charge is 2.23. The van der Waals surface area contributed by atoms with Gasteiger partial charge in [0.25, 0.3) is 5.56 Å². The second-order valence-electron chi connectivity index (χ2n) is 8.67. The lowest BCUT2D eigenvalue weighted by Crippen LogP contribution is -2.44. The van der Waals surface area contributed by atoms with Crippen molar-refractivity contribution in [1.29, 1.82) is 0 Å². The Morgan fingerprint density at radius 1 is 1.03 bits per heavy atom. The van der Waals surface area contributed by atoms with Gasteiger partial charge in [-0.05, 0) is 63.6 Å². The molecule has 1 aliphatic heterocycles. The largest absolute Gasteiger partial charge is 0.368 e. The molecule has 2 atom stereocenters. The molecule has 0 aliphatic carbocycles. The van der Waals surface area contributed by atoms with Gasteiger partial charge in [-0.25, -0.2) is 9.97 Å². The molecule has 7 nitrogen and oxygen atoms in total. The second-order valence-corrected chi connectivity index (χ2v) is 8.67. The van der Waals surface area contributed by atoms with Crippen molar-refractivity contribution in [2.45, 2.75) is 71.0 Å². The molecule has 0 amide bonds. The normalized spacial score (nSPS) is 19.7. The van der Waals surface area contributed by atoms with Crippen molar-refractivity contribution >= 4 is 16.9 Å². The van der Waals surface area contributed by atoms with Crippen LogP contribution >= 0.6 is 0 Å². The second kappa shape index (κ2) is 9.56. The molecule has 0 saturated carbocycles. The van der Waals surface area contributed by atoms with Crippen LogP contribution in [0.3, 0.4) is 0 Å². The molecule has 1 aromatic carbocycles. The number of nitrogens with two attached hydrogens (primary N) is 1. The SMILES string of the molecule is C[C@@H]1CCC[C@H](C)N1CCCCCn1c(=O)c(-c2ncnc(N)n2)cc2ccccc21. The number of nitrogens with zero attached hydrogens (tertiary/aromatic N) is 5. The maximum Gasteiger partial charge on any atom is 0.262 e. The highest BCUT2D eigenvalue weighted by Crippen LogP contribution is 2.23. The quantitative estimate of drug-likeness (QED) is 0.584. The fraction of sp³-hybridized carbons (Fsp3) is 0.500. The zero-order chi connectivity index (χ0) is 21.8. The van der Waals surface area contributed by atoms with Crippen molar-refractivity contribution in [1.82, 2.24) is 24.4 Å². The third-order valence-electron chi connectivity index (χ3n) is 6.51. The number of piperidine rings is 1. The molecule has 0 spiro atoms. The van der Waals surface area contributed by atoms with Crippen LogP contribution in [0.4, 0.5) is 5.95 Å². The predicted molar refractivity (Wildman–Crippen MR) is 125 cm³/mol. The third-order valence-corrected chi connectivity index (χ3v) is 6.51. The van der Waals surface area contributed by atoms with E-state index in [0.717, 1.165) is 36.7 Å². The lowest BCUT2D eigenvalue weighted by atomic mass is 9.97. The molecule has 4 rings (SSSR count). The van der Waals surface area contributed by atoms with Crippen LogP contribution in [0, 0.1) is 0 Å². The van der Waals surface area contributed by atoms with Crippen LogP contribution in [0.5, 0.6) is 0 Å². The summed E-state index contributed by atoms with van der Waals surface area (Å²) in [6.45, 7) is 6.52. The van der Waals surface area contributed by atoms with Crippen molar-refractivity contribution in [2.75, 3.05) is 12.3 Å². The van der Waals surface area contributed by atoms with Gasteiger partial charge in [-0.2, -0.15) is 4.98 Å². The highest BCUT2D eigenvalue weighted by molar-refractivity contribution is 5.83. The Morgan fingerprint density at radius 3 is 2.55 bits per heavy atom. The molecule has 1 saturated heterocycles. The molecule has 3 aromatic rings. The van der Waals surface area contributed by atoms with Crippen molar-refractivity contribution in [2.24, 2.45) is 0 Å². The van der Waals surface area contributed by atoms with Gasteiger partial charge < -0.3 is 10.3 Å². The average Bonchev–Trinajstić information content (AvgIpc) is 2.76. The summed E-state index contributed by atoms with van der Waals surface area (Å²) in [4.78, 5) is 28.1. The molecule has 2 aromatic heterocycles. The number of likely N-dealkylation sites (tertiary alicyclic amines) is 1. The van der Waals surface area contributed by atoms with Crippen LogP contribution in [-0.2, 0) is 6.54 Å². The standard InChI is InChI=1S/C24H32N6O/c1-17-9-8-10-18(2)29(17)13-6-3-7-14-30-21-12-5-4-11-19(21)15-20(23(30)31)22-26-16-27-24(25)28-22/h4-5,11-12,15-18H,3,6-10,13-14H2,1-2H3,(H2,25,26,27,28)/t17-,18+. The number of anilines is 1.